The molecule has 3 rings (SSSR count). The highest BCUT2D eigenvalue weighted by Gasteiger charge is 2.27. The molecule has 2 aromatic carbocycles. The molecule has 0 radical (unpaired) electrons. The first-order chi connectivity index (χ1) is 13.0. The fraction of sp³-hybridized carbons (Fsp3) is 0.333. The zero-order valence-corrected chi connectivity index (χ0v) is 16.1. The van der Waals surface area contributed by atoms with Crippen molar-refractivity contribution in [3.8, 4) is 0 Å². The molecule has 1 atom stereocenters. The number of nitrogens with zero attached hydrogens (tertiary/aromatic N) is 1. The van der Waals surface area contributed by atoms with Crippen molar-refractivity contribution in [3.05, 3.63) is 59.1 Å². The summed E-state index contributed by atoms with van der Waals surface area (Å²) in [7, 11) is 0. The molecule has 142 valence electrons. The number of nitrogens with one attached hydrogen (secondary N) is 2. The van der Waals surface area contributed by atoms with Crippen LogP contribution in [-0.4, -0.2) is 36.3 Å². The molecule has 27 heavy (non-hydrogen) atoms. The number of likely N-dealkylation sites (tertiary alicyclic amines) is 1. The average molecular weight is 386 g/mol. The molecule has 0 spiro atoms. The molecule has 6 heteroatoms. The van der Waals surface area contributed by atoms with Crippen molar-refractivity contribution in [2.75, 3.05) is 30.3 Å². The third kappa shape index (κ3) is 5.55. The van der Waals surface area contributed by atoms with Crippen molar-refractivity contribution < 1.29 is 9.59 Å². The van der Waals surface area contributed by atoms with E-state index in [1.54, 1.807) is 12.1 Å². The molecule has 2 N–H and O–H groups in total. The van der Waals surface area contributed by atoms with Gasteiger partial charge in [-0.2, -0.15) is 0 Å². The molecule has 0 bridgehead atoms. The first kappa shape index (κ1) is 19.4. The number of carbonyl (C=O) groups is 2. The van der Waals surface area contributed by atoms with Crippen LogP contribution in [0, 0.1) is 12.8 Å². The maximum atomic E-state index is 12.5. The standard InChI is InChI=1S/C21H24ClN3O2/c1-15-9-10-17(22)12-19(15)24-20(26)14-25-11-5-6-16(13-25)21(27)23-18-7-3-2-4-8-18/h2-4,7-10,12,16H,5-6,11,13-14H2,1H3,(H,23,27)(H,24,26)/t16-/m0/s1. The lowest BCUT2D eigenvalue weighted by atomic mass is 9.97. The highest BCUT2D eigenvalue weighted by Crippen LogP contribution is 2.21. The van der Waals surface area contributed by atoms with Gasteiger partial charge in [-0.15, -0.1) is 0 Å². The molecular formula is C21H24ClN3O2. The Morgan fingerprint density at radius 1 is 1.15 bits per heavy atom. The largest absolute Gasteiger partial charge is 0.326 e. The van der Waals surface area contributed by atoms with Gasteiger partial charge in [-0.3, -0.25) is 14.5 Å². The van der Waals surface area contributed by atoms with Gasteiger partial charge in [0.25, 0.3) is 0 Å². The normalized spacial score (nSPS) is 17.3. The minimum absolute atomic E-state index is 0.0111. The number of para-hydroxylation sites is 1. The van der Waals surface area contributed by atoms with E-state index in [1.165, 1.54) is 0 Å². The van der Waals surface area contributed by atoms with Crippen LogP contribution in [0.1, 0.15) is 18.4 Å². The first-order valence-corrected chi connectivity index (χ1v) is 9.53. The summed E-state index contributed by atoms with van der Waals surface area (Å²) >= 11 is 6.01. The predicted octanol–water partition coefficient (Wildman–Crippen LogP) is 3.94. The molecule has 2 aromatic rings. The second-order valence-corrected chi connectivity index (χ2v) is 7.37. The summed E-state index contributed by atoms with van der Waals surface area (Å²) in [6.45, 7) is 3.59. The van der Waals surface area contributed by atoms with Crippen LogP contribution >= 0.6 is 11.6 Å². The Morgan fingerprint density at radius 2 is 1.93 bits per heavy atom. The van der Waals surface area contributed by atoms with Gasteiger partial charge in [0.2, 0.25) is 11.8 Å². The lowest BCUT2D eigenvalue weighted by Crippen LogP contribution is -2.44. The topological polar surface area (TPSA) is 61.4 Å². The monoisotopic (exact) mass is 385 g/mol. The third-order valence-electron chi connectivity index (χ3n) is 4.76. The molecule has 0 aliphatic carbocycles. The maximum absolute atomic E-state index is 12.5. The quantitative estimate of drug-likeness (QED) is 0.819. The second kappa shape index (κ2) is 9.02. The van der Waals surface area contributed by atoms with Gasteiger partial charge in [0.15, 0.2) is 0 Å². The number of amides is 2. The van der Waals surface area contributed by atoms with Gasteiger partial charge in [0, 0.05) is 22.9 Å². The molecule has 0 unspecified atom stereocenters. The Bertz CT molecular complexity index is 810. The van der Waals surface area contributed by atoms with Crippen LogP contribution in [0.2, 0.25) is 5.02 Å². The van der Waals surface area contributed by atoms with Crippen molar-refractivity contribution in [2.45, 2.75) is 19.8 Å². The van der Waals surface area contributed by atoms with Crippen molar-refractivity contribution >= 4 is 34.8 Å². The number of rotatable bonds is 5. The lowest BCUT2D eigenvalue weighted by Gasteiger charge is -2.31. The van der Waals surface area contributed by atoms with E-state index in [-0.39, 0.29) is 24.3 Å². The van der Waals surface area contributed by atoms with Gasteiger partial charge in [0.05, 0.1) is 12.5 Å². The molecule has 1 fully saturated rings. The average Bonchev–Trinajstić information content (AvgIpc) is 2.65. The molecule has 0 aromatic heterocycles. The van der Waals surface area contributed by atoms with E-state index in [0.29, 0.717) is 11.6 Å². The van der Waals surface area contributed by atoms with Gasteiger partial charge in [0.1, 0.15) is 0 Å². The lowest BCUT2D eigenvalue weighted by molar-refractivity contribution is -0.123. The van der Waals surface area contributed by atoms with Gasteiger partial charge < -0.3 is 10.6 Å². The van der Waals surface area contributed by atoms with E-state index in [2.05, 4.69) is 10.6 Å². The van der Waals surface area contributed by atoms with Crippen molar-refractivity contribution in [2.24, 2.45) is 5.92 Å². The number of benzene rings is 2. The molecule has 1 heterocycles. The number of aryl methyl sites for hydroxylation is 1. The van der Waals surface area contributed by atoms with Gasteiger partial charge in [-0.05, 0) is 56.1 Å². The minimum atomic E-state index is -0.111. The van der Waals surface area contributed by atoms with E-state index in [4.69, 9.17) is 11.6 Å². The molecule has 1 aliphatic rings. The van der Waals surface area contributed by atoms with Gasteiger partial charge in [-0.1, -0.05) is 35.9 Å². The number of anilines is 2. The van der Waals surface area contributed by atoms with E-state index in [1.807, 2.05) is 48.2 Å². The number of carbonyl (C=O) groups excluding carboxylic acids is 2. The summed E-state index contributed by atoms with van der Waals surface area (Å²) in [5.74, 6) is -0.193. The van der Waals surface area contributed by atoms with E-state index in [9.17, 15) is 9.59 Å². The van der Waals surface area contributed by atoms with Gasteiger partial charge in [-0.25, -0.2) is 0 Å². The van der Waals surface area contributed by atoms with Crippen molar-refractivity contribution in [3.63, 3.8) is 0 Å². The maximum Gasteiger partial charge on any atom is 0.238 e. The van der Waals surface area contributed by atoms with Crippen LogP contribution < -0.4 is 10.6 Å². The smallest absolute Gasteiger partial charge is 0.238 e. The zero-order chi connectivity index (χ0) is 19.2. The van der Waals surface area contributed by atoms with Crippen LogP contribution in [0.5, 0.6) is 0 Å². The number of hydrogen-bond donors (Lipinski definition) is 2. The Hall–Kier alpha value is -2.37. The Labute approximate surface area is 164 Å². The van der Waals surface area contributed by atoms with Crippen LogP contribution in [-0.2, 0) is 9.59 Å². The van der Waals surface area contributed by atoms with Crippen LogP contribution in [0.15, 0.2) is 48.5 Å². The summed E-state index contributed by atoms with van der Waals surface area (Å²) in [6.07, 6.45) is 1.74. The Balaban J connectivity index is 1.54. The van der Waals surface area contributed by atoms with Gasteiger partial charge >= 0.3 is 0 Å². The predicted molar refractivity (Wildman–Crippen MR) is 109 cm³/mol. The van der Waals surface area contributed by atoms with E-state index in [0.717, 1.165) is 36.3 Å². The molecule has 1 saturated heterocycles. The zero-order valence-electron chi connectivity index (χ0n) is 15.4. The van der Waals surface area contributed by atoms with Crippen LogP contribution in [0.25, 0.3) is 0 Å². The van der Waals surface area contributed by atoms with Crippen LogP contribution in [0.4, 0.5) is 11.4 Å². The molecule has 5 nitrogen and oxygen atoms in total. The Kier molecular flexibility index (Phi) is 6.48. The number of halogens is 1. The molecule has 0 saturated carbocycles. The highest BCUT2D eigenvalue weighted by molar-refractivity contribution is 6.31. The van der Waals surface area contributed by atoms with Crippen molar-refractivity contribution in [1.82, 2.24) is 4.90 Å². The SMILES string of the molecule is Cc1ccc(Cl)cc1NC(=O)CN1CCC[C@H](C(=O)Nc2ccccc2)C1. The number of hydrogen-bond acceptors (Lipinski definition) is 3. The molecule has 2 amide bonds. The minimum Gasteiger partial charge on any atom is -0.326 e. The fourth-order valence-corrected chi connectivity index (χ4v) is 3.47. The molecular weight excluding hydrogens is 362 g/mol. The fourth-order valence-electron chi connectivity index (χ4n) is 3.30. The second-order valence-electron chi connectivity index (χ2n) is 6.94. The summed E-state index contributed by atoms with van der Waals surface area (Å²) in [5, 5.41) is 6.46. The summed E-state index contributed by atoms with van der Waals surface area (Å²) < 4.78 is 0. The summed E-state index contributed by atoms with van der Waals surface area (Å²) in [4.78, 5) is 27.0. The first-order valence-electron chi connectivity index (χ1n) is 9.15. The van der Waals surface area contributed by atoms with Crippen LogP contribution in [0.3, 0.4) is 0 Å². The van der Waals surface area contributed by atoms with E-state index >= 15 is 0 Å². The summed E-state index contributed by atoms with van der Waals surface area (Å²) in [5.41, 5.74) is 2.49. The van der Waals surface area contributed by atoms with E-state index < -0.39 is 0 Å². The highest BCUT2D eigenvalue weighted by atomic mass is 35.5. The Morgan fingerprint density at radius 3 is 2.70 bits per heavy atom. The third-order valence-corrected chi connectivity index (χ3v) is 4.99. The summed E-state index contributed by atoms with van der Waals surface area (Å²) in [6, 6.07) is 14.9. The van der Waals surface area contributed by atoms with Crippen molar-refractivity contribution in [1.29, 1.82) is 0 Å². The number of piperidine rings is 1. The molecule has 1 aliphatic heterocycles.